The van der Waals surface area contributed by atoms with E-state index >= 15 is 0 Å². The van der Waals surface area contributed by atoms with Crippen molar-refractivity contribution < 1.29 is 81.8 Å². The van der Waals surface area contributed by atoms with Crippen LogP contribution in [0.5, 0.6) is 23.0 Å². The number of allylic oxidation sites excluding steroid dienone is 1. The number of thiazole rings is 3. The van der Waals surface area contributed by atoms with E-state index in [1.807, 2.05) is 119 Å². The van der Waals surface area contributed by atoms with E-state index in [9.17, 15) is 53.4 Å². The first-order valence-electron chi connectivity index (χ1n) is 53.3. The van der Waals surface area contributed by atoms with Crippen molar-refractivity contribution in [2.75, 3.05) is 16.0 Å². The first kappa shape index (κ1) is 108. The number of nitrogens with zero attached hydrogens (tertiary/aromatic N) is 3. The quantitative estimate of drug-likeness (QED) is 0.0172. The molecule has 0 bridgehead atoms. The molecule has 0 spiro atoms. The predicted octanol–water partition coefficient (Wildman–Crippen LogP) is 27.5. The van der Waals surface area contributed by atoms with Gasteiger partial charge in [-0.3, -0.25) is 24.0 Å². The summed E-state index contributed by atoms with van der Waals surface area (Å²) in [5, 5.41) is 31.8. The van der Waals surface area contributed by atoms with Gasteiger partial charge in [0.25, 0.3) is 0 Å². The van der Waals surface area contributed by atoms with Gasteiger partial charge in [0.15, 0.2) is 15.4 Å². The van der Waals surface area contributed by atoms with Crippen LogP contribution in [0.2, 0.25) is 0 Å². The number of phenolic OH excluding ortho intramolecular Hbond substituents is 1. The Labute approximate surface area is 911 Å². The van der Waals surface area contributed by atoms with Crippen LogP contribution >= 0.6 is 74.0 Å². The van der Waals surface area contributed by atoms with Crippen LogP contribution in [0, 0.1) is 113 Å². The van der Waals surface area contributed by atoms with Crippen LogP contribution in [0.4, 0.5) is 15.4 Å². The van der Waals surface area contributed by atoms with E-state index in [2.05, 4.69) is 135 Å². The number of aromatic hydroxyl groups is 1. The van der Waals surface area contributed by atoms with Crippen molar-refractivity contribution in [3.63, 3.8) is 0 Å². The molecular weight excluding hydrogens is 2180 g/mol. The zero-order valence-electron chi connectivity index (χ0n) is 86.2. The van der Waals surface area contributed by atoms with E-state index in [1.165, 1.54) is 78.5 Å². The van der Waals surface area contributed by atoms with Gasteiger partial charge in [-0.2, -0.15) is 0 Å². The van der Waals surface area contributed by atoms with E-state index in [4.69, 9.17) is 18.9 Å². The number of Topliss-reactive ketones (excluding diaryl/α,β-unsaturated/α-hetero) is 3. The number of ether oxygens (including phenoxy) is 4. The molecule has 12 aliphatic carbocycles. The topological polar surface area (TPSA) is 306 Å². The number of esters is 3. The van der Waals surface area contributed by atoms with Gasteiger partial charge in [-0.1, -0.05) is 113 Å². The molecule has 5 N–H and O–H groups in total. The fourth-order valence-electron chi connectivity index (χ4n) is 29.9. The number of hydrogen-bond acceptors (Lipinski definition) is 21. The molecule has 12 aliphatic rings. The fourth-order valence-corrected chi connectivity index (χ4v) is 32.0. The van der Waals surface area contributed by atoms with Crippen molar-refractivity contribution >= 4 is 142 Å². The summed E-state index contributed by atoms with van der Waals surface area (Å²) in [5.74, 6) is 9.64. The number of rotatable bonds is 23. The summed E-state index contributed by atoms with van der Waals surface area (Å²) >= 11 is 9.20. The summed E-state index contributed by atoms with van der Waals surface area (Å²) in [6.07, 6.45) is 29.6. The molecule has 12 unspecified atom stereocenters. The van der Waals surface area contributed by atoms with E-state index in [0.717, 1.165) is 162 Å². The number of aromatic nitrogens is 3. The second kappa shape index (κ2) is 47.1. The summed E-state index contributed by atoms with van der Waals surface area (Å²) in [6, 6.07) is 51.5. The van der Waals surface area contributed by atoms with Crippen molar-refractivity contribution in [2.45, 2.75) is 278 Å². The molecule has 0 saturated heterocycles. The van der Waals surface area contributed by atoms with Gasteiger partial charge in [-0.05, 0) is 405 Å². The summed E-state index contributed by atoms with van der Waals surface area (Å²) < 4.78 is 23.4. The van der Waals surface area contributed by atoms with Crippen LogP contribution in [0.25, 0.3) is 0 Å². The molecule has 8 saturated carbocycles. The first-order valence-corrected chi connectivity index (χ1v) is 64.8. The molecule has 779 valence electrons. The molecule has 8 fully saturated rings. The van der Waals surface area contributed by atoms with Crippen LogP contribution < -0.4 is 30.2 Å². The van der Waals surface area contributed by atoms with Gasteiger partial charge in [-0.15, -0.1) is 34.0 Å². The number of phenols is 1. The Balaban J connectivity index is 0.000000128. The van der Waals surface area contributed by atoms with E-state index in [1.54, 1.807) is 68.0 Å². The molecule has 0 aliphatic heterocycles. The minimum absolute atomic E-state index is 0.00590. The van der Waals surface area contributed by atoms with E-state index in [-0.39, 0.29) is 87.1 Å². The third-order valence-electron chi connectivity index (χ3n) is 36.3. The van der Waals surface area contributed by atoms with Gasteiger partial charge >= 0.3 is 67.3 Å². The maximum atomic E-state index is 13.3. The summed E-state index contributed by atoms with van der Waals surface area (Å²) in [4.78, 5) is 130. The van der Waals surface area contributed by atoms with Crippen LogP contribution in [0.1, 0.15) is 310 Å². The number of anilines is 3. The number of halogens is 2. The van der Waals surface area contributed by atoms with Crippen molar-refractivity contribution in [1.82, 2.24) is 15.0 Å². The Morgan fingerprint density at radius 1 is 0.426 bits per heavy atom. The molecule has 22 rings (SSSR count). The van der Waals surface area contributed by atoms with Crippen molar-refractivity contribution in [1.29, 1.82) is 0 Å². The Hall–Kier alpha value is -9.40. The Morgan fingerprint density at radius 2 is 0.750 bits per heavy atom. The van der Waals surface area contributed by atoms with E-state index in [0.29, 0.717) is 197 Å². The number of benzene rings is 7. The number of carbonyl (C=O) groups excluding carboxylic acids is 9. The number of aliphatic hydroxyl groups excluding tert-OH is 1. The maximum absolute atomic E-state index is 13.3. The number of aryl methyl sites for hydroxylation is 7. The molecule has 27 heteroatoms. The molecule has 7 aromatic carbocycles. The summed E-state index contributed by atoms with van der Waals surface area (Å²) in [5.41, 5.74) is 11.7. The Bertz CT molecular complexity index is 6560. The number of amides is 3. The SMILES string of the molecule is C=C(C)O[C@H]1C[C@@H](CCC(C)=O)C2C3CCc4cc(OC(=O)c5ccccc5)ccc4C3CC[C@@]21C.Cc1cnc(NC(=O)CC[C@@H]2CC(=O)[C@@]3(C)CCC4c5ccc(O)cc5CCC4C23)s1.Cc1cnc(NC(=O)CC[C@@H]2CC(=O)[C@@]3(C)CCC4c5ccc(OC(=O)c6ccccc6)cc5CCC4C23)s1.Cc1cnc(NC(=O)CC[C@@H]2C[C@H](O)[C@@]3(C)CCC4c5ccc(OC(=O)c6ccccc6)cc5CCC4C23)s1.[I][V][I]. The van der Waals surface area contributed by atoms with Crippen LogP contribution in [-0.4, -0.2) is 90.4 Å². The molecule has 22 atom stereocenters. The third kappa shape index (κ3) is 23.7. The zero-order valence-corrected chi connectivity index (χ0v) is 94.4. The van der Waals surface area contributed by atoms with Crippen molar-refractivity contribution in [3.05, 3.63) is 271 Å². The Morgan fingerprint density at radius 3 is 1.11 bits per heavy atom. The van der Waals surface area contributed by atoms with Gasteiger partial charge in [0.05, 0.1) is 28.6 Å². The predicted molar refractivity (Wildman–Crippen MR) is 593 cm³/mol. The molecule has 3 heterocycles. The second-order valence-corrected chi connectivity index (χ2v) is 60.6. The number of aliphatic hydroxyl groups is 1. The van der Waals surface area contributed by atoms with Gasteiger partial charge in [0, 0.05) is 88.0 Å². The van der Waals surface area contributed by atoms with Gasteiger partial charge < -0.3 is 49.9 Å². The molecule has 10 aromatic rings. The van der Waals surface area contributed by atoms with E-state index < -0.39 is 0 Å². The van der Waals surface area contributed by atoms with Crippen LogP contribution in [0.3, 0.4) is 0 Å². The number of ketones is 3. The average molecular weight is 2320 g/mol. The number of nitrogens with one attached hydrogen (secondary N) is 3. The fraction of sp³-hybridized carbons (Fsp3) is 0.488. The molecule has 3 amide bonds. The minimum atomic E-state index is -0.348. The molecule has 148 heavy (non-hydrogen) atoms. The van der Waals surface area contributed by atoms with Gasteiger partial charge in [-0.25, -0.2) is 29.3 Å². The standard InChI is InChI=1S/C32H36N2O4S.C32H34N2O4S.C32H38O4.C25H30N2O3S.2HI.V/c2*1-19-18-33-31(39-19)34-28(36)13-9-22-17-27(35)32(2)15-14-25-24-12-10-23(16-21(24)8-11-26(25)29(22)32)38-30(37)20-6-4-3-5-7-20;1-20(2)35-29-19-24(11-10-21(3)33)30-28-14-12-23-18-25(36-31(34)22-8-6-5-7-9-22)13-15-26(23)27(28)16-17-32(29,30)4;1-14-13-26-24(31-14)27-22(30)8-4-16-12-21(29)25(2)10-9-19-18-7-5-17(28)11-15(18)3-6-20(19)23(16)25;;;/h3-7,10,12,16,18,22,25-27,29,35H,8-9,11,13-15,17H2,1-2H3,(H,33,34,36);3-7,10,12,16,18,22,25-26,29H,8-9,11,13-15,17H2,1-2H3,(H,33,34,36);5-9,13,15,18,24,27-30H,1,10-12,14,16-17,19H2,2-4H3;5,7,11,13,16,19-20,23,28H,3-4,6,8-10,12H2,1-2H3,(H,26,27,30);2*1H;/q;;;;;;+2/p-2/t22-,25?,26?,27+,29?,32-;22-,25?,26?,29?,32-;24-,27?,28?,29+,30?,32-;16-,19?,20?,23?,25-;;;/m1111.../s1. The van der Waals surface area contributed by atoms with Crippen LogP contribution in [-0.2, 0) is 68.7 Å². The van der Waals surface area contributed by atoms with Gasteiger partial charge in [0.1, 0.15) is 46.5 Å². The van der Waals surface area contributed by atoms with Crippen molar-refractivity contribution in [3.8, 4) is 23.0 Å². The number of carbonyl (C=O) groups is 9. The summed E-state index contributed by atoms with van der Waals surface area (Å²) in [6.45, 7) is 22.7. The molecular formula is C121H138I2N6O15S3V. The Kier molecular flexibility index (Phi) is 34.5. The van der Waals surface area contributed by atoms with Gasteiger partial charge in [0.2, 0.25) is 17.7 Å². The molecule has 21 nitrogen and oxygen atoms in total. The summed E-state index contributed by atoms with van der Waals surface area (Å²) in [7, 11) is 0.628. The second-order valence-electron chi connectivity index (χ2n) is 45.1. The molecule has 0 radical (unpaired) electrons. The average Bonchev–Trinajstić information content (AvgIpc) is 1.56. The monoisotopic (exact) mass is 2320 g/mol. The number of hydrogen-bond donors (Lipinski definition) is 5. The third-order valence-corrected chi connectivity index (χ3v) is 38.8. The number of fused-ring (bicyclic) bond motifs is 20. The zero-order chi connectivity index (χ0) is 104. The first-order chi connectivity index (χ1) is 71.1. The van der Waals surface area contributed by atoms with Crippen LogP contribution in [0.15, 0.2) is 195 Å². The molecule has 3 aromatic heterocycles. The van der Waals surface area contributed by atoms with Crippen molar-refractivity contribution in [2.24, 2.45) is 92.7 Å². The normalized spacial score (nSPS) is 29.0.